The lowest BCUT2D eigenvalue weighted by molar-refractivity contribution is -0.143. The monoisotopic (exact) mass is 330 g/mol. The van der Waals surface area contributed by atoms with Crippen LogP contribution in [0.3, 0.4) is 0 Å². The van der Waals surface area contributed by atoms with Gasteiger partial charge in [0.15, 0.2) is 0 Å². The molecule has 0 aromatic heterocycles. The SMILES string of the molecule is COC(=O)[C@@H](CCCCN)NC(=O)OCc1ccccc1.Cl. The van der Waals surface area contributed by atoms with Crippen LogP contribution in [-0.4, -0.2) is 31.8 Å². The van der Waals surface area contributed by atoms with Gasteiger partial charge in [0.25, 0.3) is 0 Å². The summed E-state index contributed by atoms with van der Waals surface area (Å²) in [6, 6.07) is 8.61. The number of unbranched alkanes of at least 4 members (excludes halogenated alkanes) is 1. The second kappa shape index (κ2) is 11.8. The van der Waals surface area contributed by atoms with Crippen molar-refractivity contribution in [2.24, 2.45) is 5.73 Å². The van der Waals surface area contributed by atoms with Crippen molar-refractivity contribution in [3.8, 4) is 0 Å². The van der Waals surface area contributed by atoms with Crippen LogP contribution in [0.15, 0.2) is 30.3 Å². The first-order valence-electron chi connectivity index (χ1n) is 6.92. The van der Waals surface area contributed by atoms with Gasteiger partial charge in [-0.25, -0.2) is 9.59 Å². The molecule has 22 heavy (non-hydrogen) atoms. The molecule has 1 aromatic rings. The Hall–Kier alpha value is -1.79. The van der Waals surface area contributed by atoms with Gasteiger partial charge in [0.1, 0.15) is 12.6 Å². The number of benzene rings is 1. The highest BCUT2D eigenvalue weighted by Gasteiger charge is 2.21. The Morgan fingerprint density at radius 1 is 1.23 bits per heavy atom. The number of nitrogens with two attached hydrogens (primary N) is 1. The molecule has 0 unspecified atom stereocenters. The van der Waals surface area contributed by atoms with Crippen LogP contribution in [0.1, 0.15) is 24.8 Å². The Balaban J connectivity index is 0.00000441. The summed E-state index contributed by atoms with van der Waals surface area (Å²) in [7, 11) is 1.29. The van der Waals surface area contributed by atoms with Gasteiger partial charge in [-0.1, -0.05) is 30.3 Å². The van der Waals surface area contributed by atoms with E-state index in [1.807, 2.05) is 30.3 Å². The lowest BCUT2D eigenvalue weighted by atomic mass is 10.1. The minimum atomic E-state index is -0.704. The van der Waals surface area contributed by atoms with Crippen molar-refractivity contribution in [1.29, 1.82) is 0 Å². The average molecular weight is 331 g/mol. The largest absolute Gasteiger partial charge is 0.467 e. The van der Waals surface area contributed by atoms with Crippen LogP contribution in [0.5, 0.6) is 0 Å². The molecule has 0 spiro atoms. The number of esters is 1. The van der Waals surface area contributed by atoms with Gasteiger partial charge in [0.2, 0.25) is 0 Å². The summed E-state index contributed by atoms with van der Waals surface area (Å²) in [4.78, 5) is 23.3. The van der Waals surface area contributed by atoms with Gasteiger partial charge in [-0.05, 0) is 31.4 Å². The predicted octanol–water partition coefficient (Wildman–Crippen LogP) is 2.01. The zero-order valence-corrected chi connectivity index (χ0v) is 13.4. The van der Waals surface area contributed by atoms with Crippen LogP contribution in [0.25, 0.3) is 0 Å². The summed E-state index contributed by atoms with van der Waals surface area (Å²) in [5, 5.41) is 2.52. The number of hydrogen-bond donors (Lipinski definition) is 2. The number of ether oxygens (including phenoxy) is 2. The van der Waals surface area contributed by atoms with Crippen molar-refractivity contribution >= 4 is 24.5 Å². The molecule has 1 atom stereocenters. The lowest BCUT2D eigenvalue weighted by Gasteiger charge is -2.16. The minimum Gasteiger partial charge on any atom is -0.467 e. The molecule has 0 aliphatic carbocycles. The topological polar surface area (TPSA) is 90.6 Å². The fourth-order valence-electron chi connectivity index (χ4n) is 1.79. The Labute approximate surface area is 136 Å². The van der Waals surface area contributed by atoms with Crippen LogP contribution >= 0.6 is 12.4 Å². The Bertz CT molecular complexity index is 442. The van der Waals surface area contributed by atoms with E-state index < -0.39 is 18.1 Å². The third-order valence-electron chi connectivity index (χ3n) is 2.94. The molecular formula is C15H23ClN2O4. The molecule has 124 valence electrons. The third-order valence-corrected chi connectivity index (χ3v) is 2.94. The highest BCUT2D eigenvalue weighted by atomic mass is 35.5. The quantitative estimate of drug-likeness (QED) is 0.562. The molecule has 0 aliphatic rings. The van der Waals surface area contributed by atoms with Crippen molar-refractivity contribution in [1.82, 2.24) is 5.32 Å². The van der Waals surface area contributed by atoms with E-state index in [4.69, 9.17) is 10.5 Å². The summed E-state index contributed by atoms with van der Waals surface area (Å²) in [5.41, 5.74) is 6.29. The first-order valence-corrected chi connectivity index (χ1v) is 6.92. The number of amides is 1. The van der Waals surface area contributed by atoms with Crippen molar-refractivity contribution in [3.63, 3.8) is 0 Å². The van der Waals surface area contributed by atoms with Crippen molar-refractivity contribution in [3.05, 3.63) is 35.9 Å². The zero-order chi connectivity index (χ0) is 15.5. The molecule has 0 heterocycles. The van der Waals surface area contributed by atoms with Crippen LogP contribution < -0.4 is 11.1 Å². The first kappa shape index (κ1) is 20.2. The van der Waals surface area contributed by atoms with Crippen molar-refractivity contribution in [2.75, 3.05) is 13.7 Å². The number of nitrogens with one attached hydrogen (secondary N) is 1. The standard InChI is InChI=1S/C15H22N2O4.ClH/c1-20-14(18)13(9-5-6-10-16)17-15(19)21-11-12-7-3-2-4-8-12;/h2-4,7-8,13H,5-6,9-11,16H2,1H3,(H,17,19);1H/t13-;/m1./s1. The van der Waals surface area contributed by atoms with Crippen molar-refractivity contribution in [2.45, 2.75) is 31.9 Å². The zero-order valence-electron chi connectivity index (χ0n) is 12.6. The van der Waals surface area contributed by atoms with E-state index in [1.54, 1.807) is 0 Å². The van der Waals surface area contributed by atoms with Gasteiger partial charge in [-0.2, -0.15) is 0 Å². The fraction of sp³-hybridized carbons (Fsp3) is 0.467. The molecule has 1 rings (SSSR count). The van der Waals surface area contributed by atoms with Gasteiger partial charge >= 0.3 is 12.1 Å². The summed E-state index contributed by atoms with van der Waals surface area (Å²) < 4.78 is 9.74. The number of alkyl carbamates (subject to hydrolysis) is 1. The second-order valence-electron chi connectivity index (χ2n) is 4.57. The van der Waals surface area contributed by atoms with E-state index in [2.05, 4.69) is 10.1 Å². The molecule has 3 N–H and O–H groups in total. The molecule has 0 bridgehead atoms. The molecule has 0 saturated heterocycles. The summed E-state index contributed by atoms with van der Waals surface area (Å²) in [5.74, 6) is -0.483. The molecule has 1 amide bonds. The highest BCUT2D eigenvalue weighted by molar-refractivity contribution is 5.85. The summed E-state index contributed by atoms with van der Waals surface area (Å²) >= 11 is 0. The van der Waals surface area contributed by atoms with E-state index in [1.165, 1.54) is 7.11 Å². The first-order chi connectivity index (χ1) is 10.2. The number of rotatable bonds is 8. The maximum atomic E-state index is 11.7. The smallest absolute Gasteiger partial charge is 0.408 e. The normalized spacial score (nSPS) is 11.0. The van der Waals surface area contributed by atoms with E-state index in [0.717, 1.165) is 18.4 Å². The molecule has 1 aromatic carbocycles. The number of hydrogen-bond acceptors (Lipinski definition) is 5. The van der Waals surface area contributed by atoms with Crippen LogP contribution in [0.2, 0.25) is 0 Å². The number of carbonyl (C=O) groups excluding carboxylic acids is 2. The lowest BCUT2D eigenvalue weighted by Crippen LogP contribution is -2.41. The van der Waals surface area contributed by atoms with E-state index in [-0.39, 0.29) is 19.0 Å². The average Bonchev–Trinajstić information content (AvgIpc) is 2.52. The second-order valence-corrected chi connectivity index (χ2v) is 4.57. The molecule has 0 radical (unpaired) electrons. The number of methoxy groups -OCH3 is 1. The molecule has 7 heteroatoms. The van der Waals surface area contributed by atoms with Gasteiger partial charge < -0.3 is 20.5 Å². The van der Waals surface area contributed by atoms with Crippen LogP contribution in [0, 0.1) is 0 Å². The maximum absolute atomic E-state index is 11.7. The third kappa shape index (κ3) is 7.85. The number of halogens is 1. The Morgan fingerprint density at radius 3 is 2.50 bits per heavy atom. The summed E-state index contributed by atoms with van der Waals surface area (Å²) in [6.07, 6.45) is 1.36. The minimum absolute atomic E-state index is 0. The van der Waals surface area contributed by atoms with Gasteiger partial charge in [-0.15, -0.1) is 12.4 Å². The molecule has 6 nitrogen and oxygen atoms in total. The number of carbonyl (C=O) groups is 2. The predicted molar refractivity (Wildman–Crippen MR) is 85.7 cm³/mol. The van der Waals surface area contributed by atoms with Gasteiger partial charge in [0, 0.05) is 0 Å². The summed E-state index contributed by atoms with van der Waals surface area (Å²) in [6.45, 7) is 0.704. The van der Waals surface area contributed by atoms with E-state index in [9.17, 15) is 9.59 Å². The Morgan fingerprint density at radius 2 is 1.91 bits per heavy atom. The van der Waals surface area contributed by atoms with E-state index >= 15 is 0 Å². The van der Waals surface area contributed by atoms with E-state index in [0.29, 0.717) is 13.0 Å². The van der Waals surface area contributed by atoms with Crippen LogP contribution in [-0.2, 0) is 20.9 Å². The fourth-order valence-corrected chi connectivity index (χ4v) is 1.79. The van der Waals surface area contributed by atoms with Gasteiger partial charge in [-0.3, -0.25) is 0 Å². The molecular weight excluding hydrogens is 308 g/mol. The Kier molecular flexibility index (Phi) is 10.9. The van der Waals surface area contributed by atoms with Crippen LogP contribution in [0.4, 0.5) is 4.79 Å². The molecule has 0 aliphatic heterocycles. The molecule has 0 fully saturated rings. The molecule has 0 saturated carbocycles. The maximum Gasteiger partial charge on any atom is 0.408 e. The highest BCUT2D eigenvalue weighted by Crippen LogP contribution is 2.04. The van der Waals surface area contributed by atoms with Gasteiger partial charge in [0.05, 0.1) is 7.11 Å². The van der Waals surface area contributed by atoms with Crippen molar-refractivity contribution < 1.29 is 19.1 Å².